The second-order valence-electron chi connectivity index (χ2n) is 7.88. The van der Waals surface area contributed by atoms with Gasteiger partial charge >= 0.3 is 5.97 Å². The highest BCUT2D eigenvalue weighted by molar-refractivity contribution is 6.01. The first-order chi connectivity index (χ1) is 13.1. The van der Waals surface area contributed by atoms with Crippen LogP contribution in [0.25, 0.3) is 0 Å². The summed E-state index contributed by atoms with van der Waals surface area (Å²) in [5, 5.41) is 4.32. The first-order valence-corrected chi connectivity index (χ1v) is 10.3. The maximum Gasteiger partial charge on any atom is 0.312 e. The standard InChI is InChI=1S/C22H32N2O3/c1-4-12-24-13-10-22(11-14-24,21(25)26-5-2)16-19-15-20(23-27-19)18-8-6-17(3)7-9-18/h6-9,19H,4-5,10-16H2,1-3H3/t19-/m1/s1. The molecule has 5 heteroatoms. The molecule has 0 N–H and O–H groups in total. The summed E-state index contributed by atoms with van der Waals surface area (Å²) in [6.45, 7) is 9.57. The first kappa shape index (κ1) is 19.9. The van der Waals surface area contributed by atoms with Gasteiger partial charge in [0.25, 0.3) is 0 Å². The first-order valence-electron chi connectivity index (χ1n) is 10.3. The smallest absolute Gasteiger partial charge is 0.312 e. The fourth-order valence-corrected chi connectivity index (χ4v) is 4.19. The van der Waals surface area contributed by atoms with Crippen molar-refractivity contribution in [3.8, 4) is 0 Å². The molecule has 0 radical (unpaired) electrons. The van der Waals surface area contributed by atoms with Crippen molar-refractivity contribution in [3.05, 3.63) is 35.4 Å². The summed E-state index contributed by atoms with van der Waals surface area (Å²) in [6.07, 6.45) is 4.21. The quantitative estimate of drug-likeness (QED) is 0.681. The van der Waals surface area contributed by atoms with Gasteiger partial charge in [0.15, 0.2) is 0 Å². The normalized spacial score (nSPS) is 22.2. The largest absolute Gasteiger partial charge is 0.466 e. The minimum Gasteiger partial charge on any atom is -0.466 e. The highest BCUT2D eigenvalue weighted by Gasteiger charge is 2.45. The Morgan fingerprint density at radius 3 is 2.59 bits per heavy atom. The van der Waals surface area contributed by atoms with Gasteiger partial charge in [-0.05, 0) is 58.3 Å². The second-order valence-corrected chi connectivity index (χ2v) is 7.88. The fraction of sp³-hybridized carbons (Fsp3) is 0.636. The Kier molecular flexibility index (Phi) is 6.53. The van der Waals surface area contributed by atoms with Crippen molar-refractivity contribution in [1.82, 2.24) is 4.90 Å². The molecule has 1 saturated heterocycles. The van der Waals surface area contributed by atoms with Gasteiger partial charge in [-0.15, -0.1) is 0 Å². The minimum absolute atomic E-state index is 0.0524. The van der Waals surface area contributed by atoms with Gasteiger partial charge in [-0.2, -0.15) is 0 Å². The van der Waals surface area contributed by atoms with E-state index in [1.807, 2.05) is 6.92 Å². The van der Waals surface area contributed by atoms with Crippen LogP contribution < -0.4 is 0 Å². The highest BCUT2D eigenvalue weighted by atomic mass is 16.6. The summed E-state index contributed by atoms with van der Waals surface area (Å²) >= 11 is 0. The monoisotopic (exact) mass is 372 g/mol. The van der Waals surface area contributed by atoms with E-state index in [2.05, 4.69) is 48.2 Å². The lowest BCUT2D eigenvalue weighted by Gasteiger charge is -2.40. The number of ether oxygens (including phenoxy) is 1. The van der Waals surface area contributed by atoms with E-state index in [9.17, 15) is 4.79 Å². The van der Waals surface area contributed by atoms with Crippen LogP contribution in [-0.4, -0.2) is 48.9 Å². The molecular formula is C22H32N2O3. The van der Waals surface area contributed by atoms with E-state index in [0.29, 0.717) is 13.0 Å². The molecule has 148 valence electrons. The summed E-state index contributed by atoms with van der Waals surface area (Å²) in [6, 6.07) is 8.36. The van der Waals surface area contributed by atoms with E-state index in [1.165, 1.54) is 5.56 Å². The zero-order valence-electron chi connectivity index (χ0n) is 16.9. The molecule has 1 aromatic rings. The van der Waals surface area contributed by atoms with Crippen LogP contribution in [0.2, 0.25) is 0 Å². The van der Waals surface area contributed by atoms with Crippen LogP contribution in [-0.2, 0) is 14.4 Å². The molecule has 27 heavy (non-hydrogen) atoms. The zero-order valence-corrected chi connectivity index (χ0v) is 16.9. The van der Waals surface area contributed by atoms with Crippen LogP contribution in [0.15, 0.2) is 29.4 Å². The predicted octanol–water partition coefficient (Wildman–Crippen LogP) is 3.93. The highest BCUT2D eigenvalue weighted by Crippen LogP contribution is 2.40. The molecular weight excluding hydrogens is 340 g/mol. The van der Waals surface area contributed by atoms with E-state index in [4.69, 9.17) is 9.57 Å². The van der Waals surface area contributed by atoms with Crippen molar-refractivity contribution in [2.75, 3.05) is 26.2 Å². The van der Waals surface area contributed by atoms with Gasteiger partial charge in [0.1, 0.15) is 6.10 Å². The number of likely N-dealkylation sites (tertiary alicyclic amines) is 1. The zero-order chi connectivity index (χ0) is 19.3. The molecule has 0 saturated carbocycles. The molecule has 5 nitrogen and oxygen atoms in total. The van der Waals surface area contributed by atoms with E-state index in [-0.39, 0.29) is 12.1 Å². The van der Waals surface area contributed by atoms with Crippen molar-refractivity contribution in [1.29, 1.82) is 0 Å². The number of hydrogen-bond donors (Lipinski definition) is 0. The lowest BCUT2D eigenvalue weighted by Crippen LogP contribution is -2.47. The van der Waals surface area contributed by atoms with Gasteiger partial charge in [0, 0.05) is 12.8 Å². The SMILES string of the molecule is CCCN1CCC(C[C@H]2CC(c3ccc(C)cc3)=NO2)(C(=O)OCC)CC1. The third kappa shape index (κ3) is 4.70. The van der Waals surface area contributed by atoms with E-state index >= 15 is 0 Å². The number of piperidine rings is 1. The number of esters is 1. The molecule has 2 aliphatic heterocycles. The Morgan fingerprint density at radius 2 is 1.96 bits per heavy atom. The van der Waals surface area contributed by atoms with Crippen molar-refractivity contribution in [3.63, 3.8) is 0 Å². The maximum atomic E-state index is 12.8. The third-order valence-corrected chi connectivity index (χ3v) is 5.80. The number of benzene rings is 1. The molecule has 0 aromatic heterocycles. The number of carbonyl (C=O) groups excluding carboxylic acids is 1. The maximum absolute atomic E-state index is 12.8. The molecule has 0 unspecified atom stereocenters. The van der Waals surface area contributed by atoms with Gasteiger partial charge in [0.05, 0.1) is 17.7 Å². The summed E-state index contributed by atoms with van der Waals surface area (Å²) in [5.74, 6) is -0.0615. The number of nitrogens with zero attached hydrogens (tertiary/aromatic N) is 2. The molecule has 1 aromatic carbocycles. The Balaban J connectivity index is 1.65. The average Bonchev–Trinajstić information content (AvgIpc) is 3.13. The molecule has 0 amide bonds. The molecule has 3 rings (SSSR count). The number of carbonyl (C=O) groups is 1. The van der Waals surface area contributed by atoms with Crippen molar-refractivity contribution in [2.45, 2.75) is 59.0 Å². The summed E-state index contributed by atoms with van der Waals surface area (Å²) in [4.78, 5) is 21.0. The number of oxime groups is 1. The number of hydrogen-bond acceptors (Lipinski definition) is 5. The third-order valence-electron chi connectivity index (χ3n) is 5.80. The number of rotatable bonds is 7. The van der Waals surface area contributed by atoms with E-state index in [1.54, 1.807) is 0 Å². The van der Waals surface area contributed by atoms with Gasteiger partial charge < -0.3 is 14.5 Å². The van der Waals surface area contributed by atoms with Gasteiger partial charge in [-0.1, -0.05) is 41.9 Å². The molecule has 0 bridgehead atoms. The molecule has 1 fully saturated rings. The van der Waals surface area contributed by atoms with Gasteiger partial charge in [-0.3, -0.25) is 4.79 Å². The molecule has 0 aliphatic carbocycles. The van der Waals surface area contributed by atoms with Crippen LogP contribution in [0.5, 0.6) is 0 Å². The van der Waals surface area contributed by atoms with E-state index in [0.717, 1.165) is 56.6 Å². The average molecular weight is 373 g/mol. The molecule has 0 spiro atoms. The summed E-state index contributed by atoms with van der Waals surface area (Å²) < 4.78 is 5.46. The van der Waals surface area contributed by atoms with Crippen LogP contribution in [0, 0.1) is 12.3 Å². The van der Waals surface area contributed by atoms with Crippen molar-refractivity contribution in [2.24, 2.45) is 10.6 Å². The fourth-order valence-electron chi connectivity index (χ4n) is 4.19. The Hall–Kier alpha value is -1.88. The second kappa shape index (κ2) is 8.87. The summed E-state index contributed by atoms with van der Waals surface area (Å²) in [7, 11) is 0. The van der Waals surface area contributed by atoms with Crippen molar-refractivity contribution < 1.29 is 14.4 Å². The van der Waals surface area contributed by atoms with Crippen LogP contribution in [0.4, 0.5) is 0 Å². The minimum atomic E-state index is -0.441. The van der Waals surface area contributed by atoms with Crippen LogP contribution >= 0.6 is 0 Å². The van der Waals surface area contributed by atoms with Crippen LogP contribution in [0.3, 0.4) is 0 Å². The molecule has 2 heterocycles. The van der Waals surface area contributed by atoms with Crippen LogP contribution in [0.1, 0.15) is 57.1 Å². The lowest BCUT2D eigenvalue weighted by atomic mass is 9.73. The Bertz CT molecular complexity index is 661. The number of aryl methyl sites for hydroxylation is 1. The summed E-state index contributed by atoms with van der Waals surface area (Å²) in [5.41, 5.74) is 2.87. The van der Waals surface area contributed by atoms with Crippen molar-refractivity contribution >= 4 is 11.7 Å². The van der Waals surface area contributed by atoms with E-state index < -0.39 is 5.41 Å². The molecule has 1 atom stereocenters. The lowest BCUT2D eigenvalue weighted by molar-refractivity contribution is -0.161. The topological polar surface area (TPSA) is 51.1 Å². The molecule has 2 aliphatic rings. The van der Waals surface area contributed by atoms with Gasteiger partial charge in [-0.25, -0.2) is 0 Å². The Morgan fingerprint density at radius 1 is 1.26 bits per heavy atom. The Labute approximate surface area is 162 Å². The van der Waals surface area contributed by atoms with Gasteiger partial charge in [0.2, 0.25) is 0 Å². The predicted molar refractivity (Wildman–Crippen MR) is 107 cm³/mol.